The second-order valence-corrected chi connectivity index (χ2v) is 4.71. The summed E-state index contributed by atoms with van der Waals surface area (Å²) in [6, 6.07) is 12.3. The van der Waals surface area contributed by atoms with E-state index in [1.54, 1.807) is 38.5 Å². The molecule has 0 radical (unpaired) electrons. The molecule has 0 spiro atoms. The Balaban J connectivity index is 2.28. The molecule has 1 heterocycles. The number of anilines is 1. The quantitative estimate of drug-likeness (QED) is 0.555. The molecular formula is C17H19N5O2. The molecule has 0 bridgehead atoms. The summed E-state index contributed by atoms with van der Waals surface area (Å²) < 4.78 is 5.67. The van der Waals surface area contributed by atoms with E-state index in [0.29, 0.717) is 17.1 Å². The zero-order valence-electron chi connectivity index (χ0n) is 13.5. The molecule has 0 aliphatic heterocycles. The van der Waals surface area contributed by atoms with Gasteiger partial charge in [-0.25, -0.2) is 0 Å². The normalized spacial score (nSPS) is 11.3. The van der Waals surface area contributed by atoms with Crippen molar-refractivity contribution in [3.63, 3.8) is 0 Å². The first-order valence-corrected chi connectivity index (χ1v) is 7.27. The number of carbonyl (C=O) groups excluding carboxylic acids is 1. The van der Waals surface area contributed by atoms with Crippen molar-refractivity contribution in [3.05, 3.63) is 60.3 Å². The molecule has 7 heteroatoms. The van der Waals surface area contributed by atoms with Gasteiger partial charge in [0.2, 0.25) is 5.88 Å². The van der Waals surface area contributed by atoms with Gasteiger partial charge in [0.1, 0.15) is 17.4 Å². The van der Waals surface area contributed by atoms with Crippen molar-refractivity contribution in [1.29, 1.82) is 0 Å². The van der Waals surface area contributed by atoms with Gasteiger partial charge in [-0.3, -0.25) is 4.79 Å². The van der Waals surface area contributed by atoms with Crippen molar-refractivity contribution in [3.8, 4) is 11.6 Å². The van der Waals surface area contributed by atoms with Crippen LogP contribution in [0.1, 0.15) is 10.4 Å². The molecule has 0 saturated heterocycles. The maximum Gasteiger partial charge on any atom is 0.279 e. The standard InChI is InChI=1S/C17H19N5O2/c1-19-9-8-14(18)21-17(23)12-10-15(20-2)22-16(11-12)24-13-6-4-3-5-7-13/h3-11,19H,1-2H3,(H,20,22)(H2,18,21,23)/b9-8-. The van der Waals surface area contributed by atoms with Crippen LogP contribution in [-0.4, -0.2) is 30.8 Å². The topological polar surface area (TPSA) is 102 Å². The fourth-order valence-electron chi connectivity index (χ4n) is 1.81. The van der Waals surface area contributed by atoms with Crippen LogP contribution in [0.5, 0.6) is 11.6 Å². The van der Waals surface area contributed by atoms with Crippen LogP contribution in [0.15, 0.2) is 59.7 Å². The summed E-state index contributed by atoms with van der Waals surface area (Å²) in [6.45, 7) is 0. The molecule has 0 saturated carbocycles. The van der Waals surface area contributed by atoms with Crippen molar-refractivity contribution < 1.29 is 9.53 Å². The number of amidine groups is 1. The van der Waals surface area contributed by atoms with E-state index >= 15 is 0 Å². The van der Waals surface area contributed by atoms with E-state index in [1.807, 2.05) is 18.2 Å². The zero-order chi connectivity index (χ0) is 17.4. The molecule has 0 aliphatic carbocycles. The lowest BCUT2D eigenvalue weighted by atomic mass is 10.2. The van der Waals surface area contributed by atoms with Crippen molar-refractivity contribution >= 4 is 17.6 Å². The number of benzene rings is 1. The SMILES string of the molecule is CN/C=C\C(N)=NC(=O)c1cc(NC)nc(Oc2ccccc2)c1. The van der Waals surface area contributed by atoms with E-state index in [-0.39, 0.29) is 11.7 Å². The number of nitrogens with zero attached hydrogens (tertiary/aromatic N) is 2. The Morgan fingerprint density at radius 1 is 1.25 bits per heavy atom. The van der Waals surface area contributed by atoms with Gasteiger partial charge in [-0.15, -0.1) is 0 Å². The average Bonchev–Trinajstić information content (AvgIpc) is 2.60. The van der Waals surface area contributed by atoms with E-state index in [9.17, 15) is 4.79 Å². The number of hydrogen-bond acceptors (Lipinski definition) is 5. The highest BCUT2D eigenvalue weighted by Crippen LogP contribution is 2.22. The lowest BCUT2D eigenvalue weighted by Crippen LogP contribution is -2.13. The number of rotatable bonds is 6. The number of aliphatic imine (C=N–C) groups is 1. The lowest BCUT2D eigenvalue weighted by molar-refractivity contribution is 0.100. The Hall–Kier alpha value is -3.35. The van der Waals surface area contributed by atoms with Crippen LogP contribution in [0, 0.1) is 0 Å². The first kappa shape index (κ1) is 17.0. The highest BCUT2D eigenvalue weighted by Gasteiger charge is 2.11. The largest absolute Gasteiger partial charge is 0.439 e. The van der Waals surface area contributed by atoms with E-state index < -0.39 is 5.91 Å². The van der Waals surface area contributed by atoms with Crippen molar-refractivity contribution in [2.24, 2.45) is 10.7 Å². The molecule has 0 unspecified atom stereocenters. The number of nitrogens with one attached hydrogen (secondary N) is 2. The van der Waals surface area contributed by atoms with Gasteiger partial charge in [-0.05, 0) is 30.5 Å². The van der Waals surface area contributed by atoms with Crippen LogP contribution in [0.25, 0.3) is 0 Å². The first-order valence-electron chi connectivity index (χ1n) is 7.27. The van der Waals surface area contributed by atoms with Crippen LogP contribution in [0.2, 0.25) is 0 Å². The van der Waals surface area contributed by atoms with E-state index in [4.69, 9.17) is 10.5 Å². The van der Waals surface area contributed by atoms with Crippen LogP contribution < -0.4 is 21.1 Å². The van der Waals surface area contributed by atoms with Crippen molar-refractivity contribution in [1.82, 2.24) is 10.3 Å². The molecule has 7 nitrogen and oxygen atoms in total. The number of nitrogens with two attached hydrogens (primary N) is 1. The summed E-state index contributed by atoms with van der Waals surface area (Å²) >= 11 is 0. The summed E-state index contributed by atoms with van der Waals surface area (Å²) in [6.07, 6.45) is 3.08. The van der Waals surface area contributed by atoms with Crippen LogP contribution in [0.3, 0.4) is 0 Å². The van der Waals surface area contributed by atoms with E-state index in [2.05, 4.69) is 20.6 Å². The second-order valence-electron chi connectivity index (χ2n) is 4.71. The van der Waals surface area contributed by atoms with Gasteiger partial charge in [0.15, 0.2) is 0 Å². The first-order chi connectivity index (χ1) is 11.6. The van der Waals surface area contributed by atoms with Gasteiger partial charge in [0, 0.05) is 20.2 Å². The summed E-state index contributed by atoms with van der Waals surface area (Å²) in [5, 5.41) is 5.66. The van der Waals surface area contributed by atoms with E-state index in [0.717, 1.165) is 0 Å². The maximum absolute atomic E-state index is 12.3. The molecule has 2 aromatic rings. The Kier molecular flexibility index (Phi) is 5.90. The Bertz CT molecular complexity index is 757. The smallest absolute Gasteiger partial charge is 0.279 e. The van der Waals surface area contributed by atoms with Crippen molar-refractivity contribution in [2.45, 2.75) is 0 Å². The molecule has 2 rings (SSSR count). The highest BCUT2D eigenvalue weighted by molar-refractivity contribution is 6.06. The fourth-order valence-corrected chi connectivity index (χ4v) is 1.81. The summed E-state index contributed by atoms with van der Waals surface area (Å²) in [5.74, 6) is 1.02. The predicted molar refractivity (Wildman–Crippen MR) is 94.5 cm³/mol. The summed E-state index contributed by atoms with van der Waals surface area (Å²) in [7, 11) is 3.43. The van der Waals surface area contributed by atoms with Crippen LogP contribution in [-0.2, 0) is 0 Å². The molecule has 1 aromatic carbocycles. The monoisotopic (exact) mass is 325 g/mol. The molecule has 4 N–H and O–H groups in total. The molecule has 0 aliphatic rings. The highest BCUT2D eigenvalue weighted by atomic mass is 16.5. The van der Waals surface area contributed by atoms with Crippen molar-refractivity contribution in [2.75, 3.05) is 19.4 Å². The summed E-state index contributed by atoms with van der Waals surface area (Å²) in [5.41, 5.74) is 5.99. The molecule has 0 atom stereocenters. The molecule has 0 fully saturated rings. The van der Waals surface area contributed by atoms with Gasteiger partial charge < -0.3 is 21.1 Å². The van der Waals surface area contributed by atoms with Gasteiger partial charge in [-0.2, -0.15) is 9.98 Å². The number of carbonyl (C=O) groups is 1. The third kappa shape index (κ3) is 4.84. The molecule has 24 heavy (non-hydrogen) atoms. The van der Waals surface area contributed by atoms with Gasteiger partial charge in [0.25, 0.3) is 5.91 Å². The Labute approximate surface area is 140 Å². The second kappa shape index (κ2) is 8.33. The number of ether oxygens (including phenoxy) is 1. The predicted octanol–water partition coefficient (Wildman–Crippen LogP) is 2.15. The molecule has 1 amide bonds. The lowest BCUT2D eigenvalue weighted by Gasteiger charge is -2.08. The number of amides is 1. The van der Waals surface area contributed by atoms with Gasteiger partial charge in [-0.1, -0.05) is 18.2 Å². The Morgan fingerprint density at radius 2 is 2.00 bits per heavy atom. The molecular weight excluding hydrogens is 306 g/mol. The van der Waals surface area contributed by atoms with Crippen LogP contribution >= 0.6 is 0 Å². The maximum atomic E-state index is 12.3. The van der Waals surface area contributed by atoms with E-state index in [1.165, 1.54) is 12.1 Å². The third-order valence-electron chi connectivity index (χ3n) is 2.92. The minimum atomic E-state index is -0.481. The number of aromatic nitrogens is 1. The number of hydrogen-bond donors (Lipinski definition) is 3. The number of pyridine rings is 1. The fraction of sp³-hybridized carbons (Fsp3) is 0.118. The minimum Gasteiger partial charge on any atom is -0.439 e. The molecule has 1 aromatic heterocycles. The average molecular weight is 325 g/mol. The zero-order valence-corrected chi connectivity index (χ0v) is 13.5. The number of para-hydroxylation sites is 1. The third-order valence-corrected chi connectivity index (χ3v) is 2.92. The van der Waals surface area contributed by atoms with Crippen LogP contribution in [0.4, 0.5) is 5.82 Å². The molecule has 124 valence electrons. The van der Waals surface area contributed by atoms with Gasteiger partial charge >= 0.3 is 0 Å². The minimum absolute atomic E-state index is 0.0997. The summed E-state index contributed by atoms with van der Waals surface area (Å²) in [4.78, 5) is 20.4. The van der Waals surface area contributed by atoms with Gasteiger partial charge in [0.05, 0.1) is 5.56 Å². The Morgan fingerprint density at radius 3 is 2.67 bits per heavy atom.